The van der Waals surface area contributed by atoms with E-state index in [1.165, 1.54) is 27.7 Å². The molecule has 0 bridgehead atoms. The molecule has 1 saturated heterocycles. The summed E-state index contributed by atoms with van der Waals surface area (Å²) >= 11 is 0. The van der Waals surface area contributed by atoms with Crippen molar-refractivity contribution in [2.24, 2.45) is 10.8 Å². The molecule has 1 heterocycles. The molecule has 0 spiro atoms. The van der Waals surface area contributed by atoms with Gasteiger partial charge in [-0.05, 0) is 34.1 Å². The maximum atomic E-state index is 14.9. The molecule has 1 N–H and O–H groups in total. The van der Waals surface area contributed by atoms with E-state index < -0.39 is 46.4 Å². The van der Waals surface area contributed by atoms with Crippen molar-refractivity contribution in [3.05, 3.63) is 0 Å². The molecule has 0 aromatic carbocycles. The SMILES string of the molecule is CCC(C)(C)C(=O)OC1(C)C(C)(C)C(C)OC(O)(C(F)(F)F)C1(F)F. The van der Waals surface area contributed by atoms with Gasteiger partial charge in [-0.1, -0.05) is 20.8 Å². The van der Waals surface area contributed by atoms with Gasteiger partial charge in [0, 0.05) is 5.41 Å². The van der Waals surface area contributed by atoms with Gasteiger partial charge in [0.15, 0.2) is 5.60 Å². The maximum Gasteiger partial charge on any atom is 0.449 e. The third-order valence-electron chi connectivity index (χ3n) is 5.74. The lowest BCUT2D eigenvalue weighted by molar-refractivity contribution is -0.499. The number of hydrogen-bond donors (Lipinski definition) is 1. The standard InChI is InChI=1S/C16H25F5O4/c1-8-11(3,4)10(22)25-13(7)12(5,6)9(2)24-15(23,14(13,17)18)16(19,20)21/h9,23H,8H2,1-7H3. The van der Waals surface area contributed by atoms with Crippen molar-refractivity contribution in [2.45, 2.75) is 84.5 Å². The Morgan fingerprint density at radius 1 is 1.20 bits per heavy atom. The van der Waals surface area contributed by atoms with Gasteiger partial charge in [0.25, 0.3) is 0 Å². The molecule has 25 heavy (non-hydrogen) atoms. The molecule has 0 saturated carbocycles. The van der Waals surface area contributed by atoms with E-state index in [0.717, 1.165) is 6.92 Å². The highest BCUT2D eigenvalue weighted by Gasteiger charge is 2.84. The van der Waals surface area contributed by atoms with Crippen LogP contribution in [0.2, 0.25) is 0 Å². The van der Waals surface area contributed by atoms with Crippen LogP contribution in [0.25, 0.3) is 0 Å². The molecular weight excluding hydrogens is 351 g/mol. The van der Waals surface area contributed by atoms with E-state index >= 15 is 0 Å². The minimum atomic E-state index is -5.80. The Morgan fingerprint density at radius 2 is 1.64 bits per heavy atom. The molecular formula is C16H25F5O4. The molecule has 0 amide bonds. The summed E-state index contributed by atoms with van der Waals surface area (Å²) in [7, 11) is 0. The number of esters is 1. The Morgan fingerprint density at radius 3 is 2.00 bits per heavy atom. The van der Waals surface area contributed by atoms with Crippen LogP contribution in [0.15, 0.2) is 0 Å². The van der Waals surface area contributed by atoms with E-state index in [9.17, 15) is 31.9 Å². The van der Waals surface area contributed by atoms with Crippen LogP contribution in [0.4, 0.5) is 22.0 Å². The Bertz CT molecular complexity index is 543. The fraction of sp³-hybridized carbons (Fsp3) is 0.938. The average molecular weight is 376 g/mol. The van der Waals surface area contributed by atoms with Crippen molar-refractivity contribution in [3.8, 4) is 0 Å². The first-order valence-corrected chi connectivity index (χ1v) is 7.90. The molecule has 0 radical (unpaired) electrons. The van der Waals surface area contributed by atoms with Crippen LogP contribution in [-0.4, -0.2) is 40.7 Å². The lowest BCUT2D eigenvalue weighted by Crippen LogP contribution is -2.79. The van der Waals surface area contributed by atoms with Gasteiger partial charge < -0.3 is 14.6 Å². The number of hydrogen-bond acceptors (Lipinski definition) is 4. The Kier molecular flexibility index (Phi) is 5.10. The molecule has 4 nitrogen and oxygen atoms in total. The number of aliphatic hydroxyl groups is 1. The first-order chi connectivity index (χ1) is 10.8. The fourth-order valence-corrected chi connectivity index (χ4v) is 2.50. The second kappa shape index (κ2) is 5.77. The highest BCUT2D eigenvalue weighted by molar-refractivity contribution is 5.76. The molecule has 1 rings (SSSR count). The van der Waals surface area contributed by atoms with E-state index in [2.05, 4.69) is 4.74 Å². The smallest absolute Gasteiger partial charge is 0.449 e. The van der Waals surface area contributed by atoms with E-state index in [1.807, 2.05) is 0 Å². The minimum Gasteiger partial charge on any atom is -0.452 e. The van der Waals surface area contributed by atoms with Gasteiger partial charge in [-0.2, -0.15) is 22.0 Å². The van der Waals surface area contributed by atoms with Crippen LogP contribution in [-0.2, 0) is 14.3 Å². The third kappa shape index (κ3) is 2.83. The molecule has 1 aliphatic rings. The zero-order chi connectivity index (χ0) is 20.3. The van der Waals surface area contributed by atoms with Crippen molar-refractivity contribution in [1.82, 2.24) is 0 Å². The average Bonchev–Trinajstić information content (AvgIpc) is 2.43. The maximum absolute atomic E-state index is 14.9. The second-order valence-electron chi connectivity index (χ2n) is 7.86. The first-order valence-electron chi connectivity index (χ1n) is 7.90. The monoisotopic (exact) mass is 376 g/mol. The van der Waals surface area contributed by atoms with Crippen molar-refractivity contribution < 1.29 is 41.3 Å². The van der Waals surface area contributed by atoms with Gasteiger partial charge in [0.1, 0.15) is 0 Å². The van der Waals surface area contributed by atoms with Gasteiger partial charge in [-0.25, -0.2) is 0 Å². The normalized spacial score (nSPS) is 35.3. The largest absolute Gasteiger partial charge is 0.452 e. The lowest BCUT2D eigenvalue weighted by atomic mass is 9.64. The number of alkyl halides is 5. The molecule has 3 atom stereocenters. The van der Waals surface area contributed by atoms with E-state index in [0.29, 0.717) is 6.92 Å². The van der Waals surface area contributed by atoms with E-state index in [1.54, 1.807) is 6.92 Å². The van der Waals surface area contributed by atoms with Crippen LogP contribution >= 0.6 is 0 Å². The van der Waals surface area contributed by atoms with Gasteiger partial charge in [-0.3, -0.25) is 4.79 Å². The van der Waals surface area contributed by atoms with Crippen LogP contribution in [0.1, 0.15) is 54.9 Å². The minimum absolute atomic E-state index is 0.226. The summed E-state index contributed by atoms with van der Waals surface area (Å²) in [6.45, 7) is 8.70. The molecule has 3 unspecified atom stereocenters. The number of halogens is 5. The summed E-state index contributed by atoms with van der Waals surface area (Å²) in [6.07, 6.45) is -7.06. The number of carbonyl (C=O) groups is 1. The van der Waals surface area contributed by atoms with Crippen LogP contribution in [0.5, 0.6) is 0 Å². The van der Waals surface area contributed by atoms with Crippen LogP contribution in [0.3, 0.4) is 0 Å². The summed E-state index contributed by atoms with van der Waals surface area (Å²) in [6, 6.07) is 0. The van der Waals surface area contributed by atoms with Gasteiger partial charge in [0.05, 0.1) is 11.5 Å². The van der Waals surface area contributed by atoms with Crippen LogP contribution in [0, 0.1) is 10.8 Å². The highest BCUT2D eigenvalue weighted by Crippen LogP contribution is 2.61. The highest BCUT2D eigenvalue weighted by atomic mass is 19.4. The predicted molar refractivity (Wildman–Crippen MR) is 78.8 cm³/mol. The predicted octanol–water partition coefficient (Wildman–Crippen LogP) is 4.06. The van der Waals surface area contributed by atoms with Gasteiger partial charge in [0.2, 0.25) is 0 Å². The third-order valence-corrected chi connectivity index (χ3v) is 5.74. The molecule has 1 fully saturated rings. The summed E-state index contributed by atoms with van der Waals surface area (Å²) in [5.41, 5.74) is -5.88. The number of carbonyl (C=O) groups excluding carboxylic acids is 1. The van der Waals surface area contributed by atoms with E-state index in [4.69, 9.17) is 4.74 Å². The Balaban J connectivity index is 3.58. The summed E-state index contributed by atoms with van der Waals surface area (Å²) < 4.78 is 78.9. The molecule has 1 aliphatic heterocycles. The summed E-state index contributed by atoms with van der Waals surface area (Å²) in [5, 5.41) is 9.76. The number of rotatable bonds is 3. The zero-order valence-electron chi connectivity index (χ0n) is 15.3. The number of ether oxygens (including phenoxy) is 2. The lowest BCUT2D eigenvalue weighted by Gasteiger charge is -2.59. The van der Waals surface area contributed by atoms with Crippen molar-refractivity contribution in [2.75, 3.05) is 0 Å². The summed E-state index contributed by atoms with van der Waals surface area (Å²) in [5.74, 6) is -10.8. The van der Waals surface area contributed by atoms with Gasteiger partial charge >= 0.3 is 23.9 Å². The van der Waals surface area contributed by atoms with E-state index in [-0.39, 0.29) is 6.42 Å². The fourth-order valence-electron chi connectivity index (χ4n) is 2.50. The van der Waals surface area contributed by atoms with Crippen LogP contribution < -0.4 is 0 Å². The topological polar surface area (TPSA) is 55.8 Å². The van der Waals surface area contributed by atoms with Crippen molar-refractivity contribution in [3.63, 3.8) is 0 Å². The Labute approximate surface area is 143 Å². The quantitative estimate of drug-likeness (QED) is 0.596. The van der Waals surface area contributed by atoms with Crippen molar-refractivity contribution in [1.29, 1.82) is 0 Å². The zero-order valence-corrected chi connectivity index (χ0v) is 15.3. The van der Waals surface area contributed by atoms with Crippen molar-refractivity contribution >= 4 is 5.97 Å². The molecule has 0 aromatic rings. The second-order valence-corrected chi connectivity index (χ2v) is 7.86. The molecule has 9 heteroatoms. The summed E-state index contributed by atoms with van der Waals surface area (Å²) in [4.78, 5) is 12.4. The molecule has 0 aromatic heterocycles. The van der Waals surface area contributed by atoms with Gasteiger partial charge in [-0.15, -0.1) is 0 Å². The Hall–Kier alpha value is -0.960. The molecule has 0 aliphatic carbocycles. The molecule has 148 valence electrons. The first kappa shape index (κ1) is 22.1.